The zero-order valence-electron chi connectivity index (χ0n) is 12.7. The number of aliphatic hydroxyl groups is 1. The summed E-state index contributed by atoms with van der Waals surface area (Å²) in [5.74, 6) is 0. The van der Waals surface area contributed by atoms with E-state index < -0.39 is 5.60 Å². The molecular weight excluding hydrogens is 234 g/mol. The second kappa shape index (κ2) is 5.64. The van der Waals surface area contributed by atoms with E-state index in [-0.39, 0.29) is 0 Å². The maximum absolute atomic E-state index is 11.1. The standard InChI is InChI=1S/C17H27NO/c1-13(2)18-10-5-8-17(19,9-11-18)16-7-6-14(3)12-15(16)4/h6-7,12-13,19H,5,8-11H2,1-4H3. The molecule has 0 amide bonds. The molecule has 0 aliphatic carbocycles. The highest BCUT2D eigenvalue weighted by Gasteiger charge is 2.33. The summed E-state index contributed by atoms with van der Waals surface area (Å²) in [5, 5.41) is 11.1. The summed E-state index contributed by atoms with van der Waals surface area (Å²) in [4.78, 5) is 2.47. The first kappa shape index (κ1) is 14.5. The highest BCUT2D eigenvalue weighted by molar-refractivity contribution is 5.35. The van der Waals surface area contributed by atoms with E-state index in [0.29, 0.717) is 6.04 Å². The normalized spacial score (nSPS) is 25.6. The minimum absolute atomic E-state index is 0.571. The SMILES string of the molecule is Cc1ccc(C2(O)CCCN(C(C)C)CC2)c(C)c1. The van der Waals surface area contributed by atoms with Gasteiger partial charge >= 0.3 is 0 Å². The molecule has 1 atom stereocenters. The van der Waals surface area contributed by atoms with Crippen molar-refractivity contribution in [2.75, 3.05) is 13.1 Å². The Balaban J connectivity index is 2.22. The molecule has 1 heterocycles. The summed E-state index contributed by atoms with van der Waals surface area (Å²) >= 11 is 0. The molecule has 2 rings (SSSR count). The van der Waals surface area contributed by atoms with E-state index in [0.717, 1.165) is 37.9 Å². The Morgan fingerprint density at radius 2 is 1.89 bits per heavy atom. The molecule has 2 heteroatoms. The van der Waals surface area contributed by atoms with Gasteiger partial charge < -0.3 is 10.0 Å². The third kappa shape index (κ3) is 3.18. The zero-order valence-corrected chi connectivity index (χ0v) is 12.7. The van der Waals surface area contributed by atoms with E-state index in [9.17, 15) is 5.11 Å². The predicted octanol–water partition coefficient (Wildman–Crippen LogP) is 3.39. The Kier molecular flexibility index (Phi) is 4.32. The molecule has 0 saturated carbocycles. The van der Waals surface area contributed by atoms with Crippen molar-refractivity contribution in [3.05, 3.63) is 34.9 Å². The van der Waals surface area contributed by atoms with Crippen molar-refractivity contribution >= 4 is 0 Å². The first-order valence-corrected chi connectivity index (χ1v) is 7.46. The van der Waals surface area contributed by atoms with Crippen molar-refractivity contribution in [3.63, 3.8) is 0 Å². The topological polar surface area (TPSA) is 23.5 Å². The third-order valence-corrected chi connectivity index (χ3v) is 4.46. The molecule has 1 aliphatic rings. The van der Waals surface area contributed by atoms with E-state index in [2.05, 4.69) is 50.8 Å². The summed E-state index contributed by atoms with van der Waals surface area (Å²) in [6.07, 6.45) is 2.79. The first-order valence-electron chi connectivity index (χ1n) is 7.46. The summed E-state index contributed by atoms with van der Waals surface area (Å²) < 4.78 is 0. The van der Waals surface area contributed by atoms with Crippen LogP contribution in [0.2, 0.25) is 0 Å². The Bertz CT molecular complexity index is 441. The van der Waals surface area contributed by atoms with Gasteiger partial charge in [0.2, 0.25) is 0 Å². The Hall–Kier alpha value is -0.860. The van der Waals surface area contributed by atoms with Gasteiger partial charge in [-0.25, -0.2) is 0 Å². The van der Waals surface area contributed by atoms with Gasteiger partial charge in [-0.2, -0.15) is 0 Å². The molecule has 1 aromatic carbocycles. The van der Waals surface area contributed by atoms with E-state index in [4.69, 9.17) is 0 Å². The van der Waals surface area contributed by atoms with Crippen molar-refractivity contribution in [2.24, 2.45) is 0 Å². The molecule has 1 fully saturated rings. The van der Waals surface area contributed by atoms with Crippen LogP contribution in [-0.2, 0) is 5.60 Å². The van der Waals surface area contributed by atoms with E-state index in [1.807, 2.05) is 0 Å². The van der Waals surface area contributed by atoms with Gasteiger partial charge in [0.25, 0.3) is 0 Å². The lowest BCUT2D eigenvalue weighted by molar-refractivity contribution is 0.0198. The Morgan fingerprint density at radius 1 is 1.16 bits per heavy atom. The molecule has 0 spiro atoms. The van der Waals surface area contributed by atoms with Crippen LogP contribution in [0.3, 0.4) is 0 Å². The number of rotatable bonds is 2. The van der Waals surface area contributed by atoms with Crippen LogP contribution in [0.15, 0.2) is 18.2 Å². The molecule has 19 heavy (non-hydrogen) atoms. The largest absolute Gasteiger partial charge is 0.385 e. The summed E-state index contributed by atoms with van der Waals surface area (Å²) in [7, 11) is 0. The van der Waals surface area contributed by atoms with Crippen LogP contribution in [0.25, 0.3) is 0 Å². The van der Waals surface area contributed by atoms with Crippen molar-refractivity contribution in [3.8, 4) is 0 Å². The van der Waals surface area contributed by atoms with Crippen LogP contribution >= 0.6 is 0 Å². The van der Waals surface area contributed by atoms with Gasteiger partial charge in [-0.05, 0) is 64.6 Å². The highest BCUT2D eigenvalue weighted by Crippen LogP contribution is 2.35. The minimum atomic E-state index is -0.637. The summed E-state index contributed by atoms with van der Waals surface area (Å²) in [5.41, 5.74) is 2.98. The number of hydrogen-bond donors (Lipinski definition) is 1. The fraction of sp³-hybridized carbons (Fsp3) is 0.647. The van der Waals surface area contributed by atoms with Crippen LogP contribution in [0, 0.1) is 13.8 Å². The Labute approximate surface area is 117 Å². The maximum Gasteiger partial charge on any atom is 0.0911 e. The van der Waals surface area contributed by atoms with Crippen LogP contribution < -0.4 is 0 Å². The van der Waals surface area contributed by atoms with E-state index >= 15 is 0 Å². The fourth-order valence-electron chi connectivity index (χ4n) is 3.26. The maximum atomic E-state index is 11.1. The lowest BCUT2D eigenvalue weighted by Crippen LogP contribution is -2.33. The monoisotopic (exact) mass is 261 g/mol. The average Bonchev–Trinajstić information content (AvgIpc) is 2.51. The third-order valence-electron chi connectivity index (χ3n) is 4.46. The molecule has 1 saturated heterocycles. The van der Waals surface area contributed by atoms with Crippen molar-refractivity contribution in [1.82, 2.24) is 4.90 Å². The highest BCUT2D eigenvalue weighted by atomic mass is 16.3. The lowest BCUT2D eigenvalue weighted by atomic mass is 9.84. The van der Waals surface area contributed by atoms with E-state index in [1.165, 1.54) is 11.1 Å². The van der Waals surface area contributed by atoms with Crippen LogP contribution in [0.1, 0.15) is 49.8 Å². The number of benzene rings is 1. The zero-order chi connectivity index (χ0) is 14.0. The van der Waals surface area contributed by atoms with Crippen molar-refractivity contribution < 1.29 is 5.11 Å². The molecule has 1 N–H and O–H groups in total. The van der Waals surface area contributed by atoms with Gasteiger partial charge in [0.15, 0.2) is 0 Å². The molecule has 1 aromatic rings. The molecule has 0 aromatic heterocycles. The molecule has 1 unspecified atom stereocenters. The number of likely N-dealkylation sites (tertiary alicyclic amines) is 1. The minimum Gasteiger partial charge on any atom is -0.385 e. The van der Waals surface area contributed by atoms with Crippen molar-refractivity contribution in [1.29, 1.82) is 0 Å². The van der Waals surface area contributed by atoms with Gasteiger partial charge in [-0.15, -0.1) is 0 Å². The van der Waals surface area contributed by atoms with Crippen molar-refractivity contribution in [2.45, 2.75) is 58.6 Å². The molecule has 0 bridgehead atoms. The van der Waals surface area contributed by atoms with Crippen LogP contribution in [0.5, 0.6) is 0 Å². The van der Waals surface area contributed by atoms with Gasteiger partial charge in [0.05, 0.1) is 5.60 Å². The van der Waals surface area contributed by atoms with Crippen LogP contribution in [0.4, 0.5) is 0 Å². The van der Waals surface area contributed by atoms with Gasteiger partial charge in [-0.3, -0.25) is 0 Å². The number of aryl methyl sites for hydroxylation is 2. The quantitative estimate of drug-likeness (QED) is 0.882. The number of nitrogens with zero attached hydrogens (tertiary/aromatic N) is 1. The molecule has 106 valence electrons. The summed E-state index contributed by atoms with van der Waals surface area (Å²) in [6, 6.07) is 6.99. The van der Waals surface area contributed by atoms with Gasteiger partial charge in [0, 0.05) is 12.6 Å². The van der Waals surface area contributed by atoms with E-state index in [1.54, 1.807) is 0 Å². The molecular formula is C17H27NO. The number of hydrogen-bond acceptors (Lipinski definition) is 2. The van der Waals surface area contributed by atoms with Gasteiger partial charge in [0.1, 0.15) is 0 Å². The summed E-state index contributed by atoms with van der Waals surface area (Å²) in [6.45, 7) is 10.8. The fourth-order valence-corrected chi connectivity index (χ4v) is 3.26. The second-order valence-electron chi connectivity index (χ2n) is 6.33. The predicted molar refractivity (Wildman–Crippen MR) is 80.4 cm³/mol. The second-order valence-corrected chi connectivity index (χ2v) is 6.33. The molecule has 1 aliphatic heterocycles. The Morgan fingerprint density at radius 3 is 2.53 bits per heavy atom. The molecule has 2 nitrogen and oxygen atoms in total. The first-order chi connectivity index (χ1) is 8.92. The molecule has 0 radical (unpaired) electrons. The average molecular weight is 261 g/mol. The van der Waals surface area contributed by atoms with Crippen LogP contribution in [-0.4, -0.2) is 29.1 Å². The lowest BCUT2D eigenvalue weighted by Gasteiger charge is -2.30. The van der Waals surface area contributed by atoms with Gasteiger partial charge in [-0.1, -0.05) is 23.8 Å². The smallest absolute Gasteiger partial charge is 0.0911 e.